The Hall–Kier alpha value is -2.05. The highest BCUT2D eigenvalue weighted by Gasteiger charge is 2.60. The van der Waals surface area contributed by atoms with Crippen molar-refractivity contribution in [3.8, 4) is 5.88 Å². The van der Waals surface area contributed by atoms with Gasteiger partial charge in [0.15, 0.2) is 5.79 Å². The van der Waals surface area contributed by atoms with Crippen LogP contribution in [0.3, 0.4) is 0 Å². The van der Waals surface area contributed by atoms with Gasteiger partial charge in [0.2, 0.25) is 5.88 Å². The molecule has 1 saturated carbocycles. The van der Waals surface area contributed by atoms with Crippen molar-refractivity contribution in [1.82, 2.24) is 9.97 Å². The second kappa shape index (κ2) is 6.22. The number of aromatic nitrogens is 2. The molecule has 28 heavy (non-hydrogen) atoms. The van der Waals surface area contributed by atoms with Crippen LogP contribution in [0.2, 0.25) is 0 Å². The monoisotopic (exact) mass is 384 g/mol. The quantitative estimate of drug-likeness (QED) is 0.813. The minimum absolute atomic E-state index is 0.0537. The van der Waals surface area contributed by atoms with Crippen molar-refractivity contribution < 1.29 is 19.0 Å². The summed E-state index contributed by atoms with van der Waals surface area (Å²) in [4.78, 5) is 8.99. The lowest BCUT2D eigenvalue weighted by Crippen LogP contribution is -2.57. The molecule has 0 amide bonds. The van der Waals surface area contributed by atoms with E-state index in [-0.39, 0.29) is 23.5 Å². The third kappa shape index (κ3) is 2.37. The van der Waals surface area contributed by atoms with Crippen molar-refractivity contribution in [3.05, 3.63) is 52.7 Å². The van der Waals surface area contributed by atoms with Crippen LogP contribution in [0, 0.1) is 24.6 Å². The normalized spacial score (nSPS) is 30.8. The molecule has 0 unspecified atom stereocenters. The third-order valence-electron chi connectivity index (χ3n) is 7.14. The standard InChI is InChI=1S/C22H25FN2O3/c1-13-18-7-6-17-19(24-14(2)25-20(17)26)21(18,15-4-3-5-16(23)12-15)8-9-22(13)27-10-11-28-22/h3-5,12-13,18H,6-11H2,1-2H3,(H,24,25,26)/t13-,18-,21+/m0/s1. The predicted molar refractivity (Wildman–Crippen MR) is 100 cm³/mol. The number of aromatic hydroxyl groups is 1. The number of hydrogen-bond donors (Lipinski definition) is 1. The topological polar surface area (TPSA) is 64.5 Å². The maximum absolute atomic E-state index is 14.3. The fourth-order valence-corrected chi connectivity index (χ4v) is 5.93. The van der Waals surface area contributed by atoms with Crippen molar-refractivity contribution in [1.29, 1.82) is 0 Å². The van der Waals surface area contributed by atoms with E-state index < -0.39 is 11.2 Å². The molecule has 1 aromatic heterocycles. The molecule has 5 rings (SSSR count). The van der Waals surface area contributed by atoms with Gasteiger partial charge in [-0.1, -0.05) is 19.1 Å². The number of hydrogen-bond acceptors (Lipinski definition) is 5. The highest BCUT2D eigenvalue weighted by Crippen LogP contribution is 2.60. The number of nitrogens with zero attached hydrogens (tertiary/aromatic N) is 2. The van der Waals surface area contributed by atoms with Gasteiger partial charge < -0.3 is 14.6 Å². The lowest BCUT2D eigenvalue weighted by atomic mass is 9.51. The Kier molecular flexibility index (Phi) is 4.00. The summed E-state index contributed by atoms with van der Waals surface area (Å²) in [7, 11) is 0. The summed E-state index contributed by atoms with van der Waals surface area (Å²) in [5.74, 6) is 0.0596. The fraction of sp³-hybridized carbons (Fsp3) is 0.545. The zero-order valence-electron chi connectivity index (χ0n) is 16.2. The molecule has 1 spiro atoms. The van der Waals surface area contributed by atoms with Crippen molar-refractivity contribution in [2.45, 2.75) is 50.7 Å². The van der Waals surface area contributed by atoms with Crippen LogP contribution in [0.5, 0.6) is 5.88 Å². The summed E-state index contributed by atoms with van der Waals surface area (Å²) >= 11 is 0. The minimum Gasteiger partial charge on any atom is -0.493 e. The van der Waals surface area contributed by atoms with E-state index in [1.807, 2.05) is 6.07 Å². The third-order valence-corrected chi connectivity index (χ3v) is 7.14. The van der Waals surface area contributed by atoms with Crippen LogP contribution in [-0.2, 0) is 21.3 Å². The number of ether oxygens (including phenoxy) is 2. The molecule has 3 aliphatic rings. The van der Waals surface area contributed by atoms with Gasteiger partial charge in [-0.05, 0) is 49.8 Å². The van der Waals surface area contributed by atoms with Gasteiger partial charge in [-0.2, -0.15) is 4.98 Å². The van der Waals surface area contributed by atoms with Crippen molar-refractivity contribution >= 4 is 0 Å². The van der Waals surface area contributed by atoms with Crippen LogP contribution in [-0.4, -0.2) is 34.1 Å². The molecule has 1 N–H and O–H groups in total. The molecule has 5 nitrogen and oxygen atoms in total. The van der Waals surface area contributed by atoms with E-state index in [1.54, 1.807) is 19.1 Å². The molecule has 1 aromatic carbocycles. The van der Waals surface area contributed by atoms with Crippen molar-refractivity contribution in [2.24, 2.45) is 11.8 Å². The van der Waals surface area contributed by atoms with Gasteiger partial charge >= 0.3 is 0 Å². The fourth-order valence-electron chi connectivity index (χ4n) is 5.93. The number of fused-ring (bicyclic) bond motifs is 3. The molecular formula is C22H25FN2O3. The second-order valence-corrected chi connectivity index (χ2v) is 8.35. The summed E-state index contributed by atoms with van der Waals surface area (Å²) in [5, 5.41) is 10.5. The summed E-state index contributed by atoms with van der Waals surface area (Å²) in [6.45, 7) is 5.20. The van der Waals surface area contributed by atoms with Crippen LogP contribution in [0.4, 0.5) is 4.39 Å². The summed E-state index contributed by atoms with van der Waals surface area (Å²) in [5.41, 5.74) is 2.07. The van der Waals surface area contributed by atoms with Crippen molar-refractivity contribution in [2.75, 3.05) is 13.2 Å². The smallest absolute Gasteiger partial charge is 0.217 e. The van der Waals surface area contributed by atoms with E-state index in [0.717, 1.165) is 29.7 Å². The molecule has 1 saturated heterocycles. The molecule has 2 aliphatic carbocycles. The molecule has 2 fully saturated rings. The van der Waals surface area contributed by atoms with Crippen LogP contribution in [0.1, 0.15) is 48.8 Å². The van der Waals surface area contributed by atoms with Gasteiger partial charge in [0.25, 0.3) is 0 Å². The zero-order chi connectivity index (χ0) is 19.5. The summed E-state index contributed by atoms with van der Waals surface area (Å²) < 4.78 is 26.5. The highest BCUT2D eigenvalue weighted by atomic mass is 19.1. The first kappa shape index (κ1) is 18.0. The molecule has 3 atom stereocenters. The van der Waals surface area contributed by atoms with Crippen LogP contribution in [0.15, 0.2) is 24.3 Å². The number of rotatable bonds is 1. The molecule has 148 valence electrons. The van der Waals surface area contributed by atoms with Gasteiger partial charge in [-0.15, -0.1) is 0 Å². The Labute approximate surface area is 163 Å². The molecular weight excluding hydrogens is 359 g/mol. The largest absolute Gasteiger partial charge is 0.493 e. The van der Waals surface area contributed by atoms with Gasteiger partial charge in [0.1, 0.15) is 11.6 Å². The molecule has 6 heteroatoms. The van der Waals surface area contributed by atoms with Gasteiger partial charge in [-0.3, -0.25) is 0 Å². The first-order chi connectivity index (χ1) is 13.5. The first-order valence-corrected chi connectivity index (χ1v) is 10.1. The van der Waals surface area contributed by atoms with Gasteiger partial charge in [-0.25, -0.2) is 9.37 Å². The van der Waals surface area contributed by atoms with E-state index >= 15 is 0 Å². The van der Waals surface area contributed by atoms with Crippen LogP contribution < -0.4 is 0 Å². The number of aryl methyl sites for hydroxylation is 1. The Morgan fingerprint density at radius 2 is 1.96 bits per heavy atom. The first-order valence-electron chi connectivity index (χ1n) is 10.1. The van der Waals surface area contributed by atoms with Gasteiger partial charge in [0, 0.05) is 23.3 Å². The SMILES string of the molecule is Cc1nc(O)c2c(n1)[C@@]1(c3cccc(F)c3)CCC3(OCCO3)[C@@H](C)[C@@H]1CC2. The second-order valence-electron chi connectivity index (χ2n) is 8.35. The molecule has 0 bridgehead atoms. The van der Waals surface area contributed by atoms with E-state index in [0.29, 0.717) is 31.9 Å². The molecule has 2 aromatic rings. The van der Waals surface area contributed by atoms with Gasteiger partial charge in [0.05, 0.1) is 18.9 Å². The number of benzene rings is 1. The molecule has 0 radical (unpaired) electrons. The van der Waals surface area contributed by atoms with Crippen molar-refractivity contribution in [3.63, 3.8) is 0 Å². The minimum atomic E-state index is -0.566. The Balaban J connectivity index is 1.74. The maximum atomic E-state index is 14.3. The summed E-state index contributed by atoms with van der Waals surface area (Å²) in [6, 6.07) is 6.84. The van der Waals surface area contributed by atoms with E-state index in [9.17, 15) is 9.50 Å². The van der Waals surface area contributed by atoms with Crippen LogP contribution >= 0.6 is 0 Å². The number of halogens is 1. The Morgan fingerprint density at radius 3 is 2.71 bits per heavy atom. The lowest BCUT2D eigenvalue weighted by molar-refractivity contribution is -0.232. The average Bonchev–Trinajstić information content (AvgIpc) is 3.14. The van der Waals surface area contributed by atoms with E-state index in [4.69, 9.17) is 14.5 Å². The maximum Gasteiger partial charge on any atom is 0.217 e. The Morgan fingerprint density at radius 1 is 1.18 bits per heavy atom. The molecule has 2 heterocycles. The Bertz CT molecular complexity index is 928. The summed E-state index contributed by atoms with van der Waals surface area (Å²) in [6.07, 6.45) is 2.99. The average molecular weight is 384 g/mol. The zero-order valence-corrected chi connectivity index (χ0v) is 16.2. The van der Waals surface area contributed by atoms with E-state index in [2.05, 4.69) is 11.9 Å². The molecule has 1 aliphatic heterocycles. The highest BCUT2D eigenvalue weighted by molar-refractivity contribution is 5.47. The van der Waals surface area contributed by atoms with E-state index in [1.165, 1.54) is 6.07 Å². The van der Waals surface area contributed by atoms with Crippen LogP contribution in [0.25, 0.3) is 0 Å². The predicted octanol–water partition coefficient (Wildman–Crippen LogP) is 3.65. The lowest BCUT2D eigenvalue weighted by Gasteiger charge is -2.55.